The summed E-state index contributed by atoms with van der Waals surface area (Å²) in [4.78, 5) is 23.4. The smallest absolute Gasteiger partial charge is 0.223 e. The van der Waals surface area contributed by atoms with E-state index in [4.69, 9.17) is 5.73 Å². The molecule has 5 heteroatoms. The minimum Gasteiger partial charge on any atom is -0.354 e. The lowest BCUT2D eigenvalue weighted by Crippen LogP contribution is -2.52. The molecule has 5 unspecified atom stereocenters. The summed E-state index contributed by atoms with van der Waals surface area (Å²) in [6, 6.07) is 0.200. The van der Waals surface area contributed by atoms with Gasteiger partial charge in [0, 0.05) is 31.0 Å². The zero-order valence-corrected chi connectivity index (χ0v) is 11.8. The lowest BCUT2D eigenvalue weighted by atomic mass is 9.72. The number of amides is 2. The van der Waals surface area contributed by atoms with Gasteiger partial charge >= 0.3 is 0 Å². The van der Waals surface area contributed by atoms with Crippen molar-refractivity contribution in [3.63, 3.8) is 0 Å². The van der Waals surface area contributed by atoms with E-state index >= 15 is 0 Å². The summed E-state index contributed by atoms with van der Waals surface area (Å²) >= 11 is 0. The molecule has 19 heavy (non-hydrogen) atoms. The molecule has 0 radical (unpaired) electrons. The highest BCUT2D eigenvalue weighted by Gasteiger charge is 2.35. The van der Waals surface area contributed by atoms with E-state index in [2.05, 4.69) is 24.5 Å². The van der Waals surface area contributed by atoms with E-state index in [-0.39, 0.29) is 29.8 Å². The summed E-state index contributed by atoms with van der Waals surface area (Å²) in [5, 5.41) is 5.85. The van der Waals surface area contributed by atoms with Gasteiger partial charge in [0.1, 0.15) is 0 Å². The summed E-state index contributed by atoms with van der Waals surface area (Å²) in [6.45, 7) is 4.84. The molecule has 5 atom stereocenters. The van der Waals surface area contributed by atoms with E-state index in [1.807, 2.05) is 0 Å². The van der Waals surface area contributed by atoms with Crippen LogP contribution in [0.3, 0.4) is 0 Å². The Balaban J connectivity index is 1.87. The lowest BCUT2D eigenvalue weighted by molar-refractivity contribution is -0.130. The molecule has 1 aliphatic heterocycles. The first kappa shape index (κ1) is 14.3. The molecule has 5 nitrogen and oxygen atoms in total. The second-order valence-corrected chi connectivity index (χ2v) is 6.24. The van der Waals surface area contributed by atoms with Gasteiger partial charge in [0.2, 0.25) is 11.8 Å². The number of hydrogen-bond donors (Lipinski definition) is 3. The Hall–Kier alpha value is -1.10. The highest BCUT2D eigenvalue weighted by atomic mass is 16.2. The van der Waals surface area contributed by atoms with E-state index < -0.39 is 0 Å². The molecule has 0 aromatic heterocycles. The number of carbonyl (C=O) groups excluding carboxylic acids is 2. The van der Waals surface area contributed by atoms with E-state index in [1.54, 1.807) is 0 Å². The number of nitrogens with two attached hydrogens (primary N) is 1. The maximum Gasteiger partial charge on any atom is 0.223 e. The average Bonchev–Trinajstić information content (AvgIpc) is 2.36. The number of piperidine rings is 1. The van der Waals surface area contributed by atoms with Crippen LogP contribution in [0.5, 0.6) is 0 Å². The monoisotopic (exact) mass is 267 g/mol. The van der Waals surface area contributed by atoms with Gasteiger partial charge in [0.05, 0.1) is 0 Å². The molecule has 2 amide bonds. The van der Waals surface area contributed by atoms with Crippen molar-refractivity contribution in [2.45, 2.75) is 51.6 Å². The molecule has 0 spiro atoms. The molecule has 108 valence electrons. The predicted molar refractivity (Wildman–Crippen MR) is 73.2 cm³/mol. The molecule has 1 saturated carbocycles. The second kappa shape index (κ2) is 5.90. The first-order valence-electron chi connectivity index (χ1n) is 7.30. The fourth-order valence-corrected chi connectivity index (χ4v) is 3.21. The van der Waals surface area contributed by atoms with Crippen LogP contribution in [0.4, 0.5) is 0 Å². The van der Waals surface area contributed by atoms with Crippen LogP contribution >= 0.6 is 0 Å². The zero-order valence-electron chi connectivity index (χ0n) is 11.8. The van der Waals surface area contributed by atoms with Crippen LogP contribution in [-0.4, -0.2) is 30.4 Å². The summed E-state index contributed by atoms with van der Waals surface area (Å²) in [5.41, 5.74) is 6.08. The Labute approximate surface area is 114 Å². The normalized spacial score (nSPS) is 39.5. The van der Waals surface area contributed by atoms with Crippen molar-refractivity contribution in [1.29, 1.82) is 0 Å². The van der Waals surface area contributed by atoms with Gasteiger partial charge in [0.15, 0.2) is 0 Å². The maximum atomic E-state index is 12.3. The second-order valence-electron chi connectivity index (χ2n) is 6.24. The van der Waals surface area contributed by atoms with Crippen LogP contribution in [0.1, 0.15) is 39.5 Å². The first-order chi connectivity index (χ1) is 8.97. The Morgan fingerprint density at radius 3 is 2.68 bits per heavy atom. The van der Waals surface area contributed by atoms with E-state index in [0.29, 0.717) is 24.8 Å². The summed E-state index contributed by atoms with van der Waals surface area (Å²) in [7, 11) is 0. The Kier molecular flexibility index (Phi) is 4.45. The third-order valence-electron chi connectivity index (χ3n) is 4.64. The van der Waals surface area contributed by atoms with Crippen LogP contribution in [0.2, 0.25) is 0 Å². The van der Waals surface area contributed by atoms with Crippen LogP contribution in [-0.2, 0) is 9.59 Å². The van der Waals surface area contributed by atoms with Crippen molar-refractivity contribution in [2.24, 2.45) is 23.5 Å². The molecular formula is C14H25N3O2. The molecule has 1 heterocycles. The number of rotatable bonds is 2. The van der Waals surface area contributed by atoms with Gasteiger partial charge in [-0.05, 0) is 31.1 Å². The molecule has 1 aliphatic carbocycles. The summed E-state index contributed by atoms with van der Waals surface area (Å²) in [6.07, 6.45) is 3.02. The largest absolute Gasteiger partial charge is 0.354 e. The van der Waals surface area contributed by atoms with Crippen molar-refractivity contribution in [3.8, 4) is 0 Å². The molecule has 4 N–H and O–H groups in total. The van der Waals surface area contributed by atoms with Crippen LogP contribution in [0.25, 0.3) is 0 Å². The van der Waals surface area contributed by atoms with Gasteiger partial charge in [-0.2, -0.15) is 0 Å². The fourth-order valence-electron chi connectivity index (χ4n) is 3.21. The number of carbonyl (C=O) groups is 2. The highest BCUT2D eigenvalue weighted by molar-refractivity contribution is 5.80. The van der Waals surface area contributed by atoms with E-state index in [1.165, 1.54) is 0 Å². The predicted octanol–water partition coefficient (Wildman–Crippen LogP) is 0.391. The highest BCUT2D eigenvalue weighted by Crippen LogP contribution is 2.33. The van der Waals surface area contributed by atoms with Crippen molar-refractivity contribution in [1.82, 2.24) is 10.6 Å². The standard InChI is InChI=1S/C14H25N3O2/c1-8-5-9(2)12(15)6-11(8)14(19)17-10-3-4-13(18)16-7-10/h8-12H,3-7,15H2,1-2H3,(H,16,18)(H,17,19). The topological polar surface area (TPSA) is 84.2 Å². The first-order valence-corrected chi connectivity index (χ1v) is 7.30. The molecule has 0 aromatic carbocycles. The molecule has 0 aromatic rings. The fraction of sp³-hybridized carbons (Fsp3) is 0.857. The third-order valence-corrected chi connectivity index (χ3v) is 4.64. The van der Waals surface area contributed by atoms with Gasteiger partial charge in [-0.25, -0.2) is 0 Å². The third kappa shape index (κ3) is 3.47. The molecule has 2 aliphatic rings. The van der Waals surface area contributed by atoms with Crippen LogP contribution in [0, 0.1) is 17.8 Å². The molecule has 2 rings (SSSR count). The van der Waals surface area contributed by atoms with Crippen molar-refractivity contribution in [2.75, 3.05) is 6.54 Å². The average molecular weight is 267 g/mol. The SMILES string of the molecule is CC1CC(C)C(C(=O)NC2CCC(=O)NC2)CC1N. The quantitative estimate of drug-likeness (QED) is 0.676. The number of hydrogen-bond acceptors (Lipinski definition) is 3. The maximum absolute atomic E-state index is 12.3. The van der Waals surface area contributed by atoms with Crippen molar-refractivity contribution >= 4 is 11.8 Å². The van der Waals surface area contributed by atoms with Crippen LogP contribution < -0.4 is 16.4 Å². The van der Waals surface area contributed by atoms with Crippen molar-refractivity contribution < 1.29 is 9.59 Å². The number of nitrogens with one attached hydrogen (secondary N) is 2. The minimum absolute atomic E-state index is 0.0174. The van der Waals surface area contributed by atoms with Gasteiger partial charge in [-0.3, -0.25) is 9.59 Å². The Morgan fingerprint density at radius 1 is 1.32 bits per heavy atom. The van der Waals surface area contributed by atoms with Gasteiger partial charge < -0.3 is 16.4 Å². The zero-order chi connectivity index (χ0) is 14.0. The minimum atomic E-state index is 0.0174. The van der Waals surface area contributed by atoms with Gasteiger partial charge in [-0.1, -0.05) is 13.8 Å². The molecule has 1 saturated heterocycles. The molecule has 0 bridgehead atoms. The molecular weight excluding hydrogens is 242 g/mol. The van der Waals surface area contributed by atoms with Gasteiger partial charge in [0.25, 0.3) is 0 Å². The lowest BCUT2D eigenvalue weighted by Gasteiger charge is -2.37. The van der Waals surface area contributed by atoms with Crippen molar-refractivity contribution in [3.05, 3.63) is 0 Å². The van der Waals surface area contributed by atoms with Gasteiger partial charge in [-0.15, -0.1) is 0 Å². The Morgan fingerprint density at radius 2 is 2.05 bits per heavy atom. The van der Waals surface area contributed by atoms with E-state index in [9.17, 15) is 9.59 Å². The van der Waals surface area contributed by atoms with Crippen LogP contribution in [0.15, 0.2) is 0 Å². The Bertz CT molecular complexity index is 349. The summed E-state index contributed by atoms with van der Waals surface area (Å²) in [5.74, 6) is 1.08. The molecule has 2 fully saturated rings. The van der Waals surface area contributed by atoms with E-state index in [0.717, 1.165) is 19.3 Å². The summed E-state index contributed by atoms with van der Waals surface area (Å²) < 4.78 is 0.